The van der Waals surface area contributed by atoms with Crippen molar-refractivity contribution < 1.29 is 4.79 Å². The Hall–Kier alpha value is -2.17. The van der Waals surface area contributed by atoms with Crippen LogP contribution in [0.5, 0.6) is 0 Å². The number of nitrogens with one attached hydrogen (secondary N) is 1. The SMILES string of the molecule is NC(=O)CCCNc1ncnc2ccccc12. The topological polar surface area (TPSA) is 80.9 Å². The summed E-state index contributed by atoms with van der Waals surface area (Å²) in [6.07, 6.45) is 2.61. The zero-order chi connectivity index (χ0) is 12.1. The van der Waals surface area contributed by atoms with E-state index in [2.05, 4.69) is 15.3 Å². The van der Waals surface area contributed by atoms with Crippen LogP contribution >= 0.6 is 0 Å². The molecule has 1 aromatic heterocycles. The molecule has 0 fully saturated rings. The second-order valence-corrected chi connectivity index (χ2v) is 3.74. The smallest absolute Gasteiger partial charge is 0.217 e. The van der Waals surface area contributed by atoms with Crippen LogP contribution in [0.15, 0.2) is 30.6 Å². The molecule has 0 spiro atoms. The maximum absolute atomic E-state index is 10.6. The van der Waals surface area contributed by atoms with Crippen LogP contribution in [0, 0.1) is 0 Å². The van der Waals surface area contributed by atoms with E-state index in [1.54, 1.807) is 0 Å². The van der Waals surface area contributed by atoms with Crippen LogP contribution in [0.2, 0.25) is 0 Å². The third kappa shape index (κ3) is 2.90. The predicted octanol–water partition coefficient (Wildman–Crippen LogP) is 1.31. The minimum atomic E-state index is -0.278. The zero-order valence-electron chi connectivity index (χ0n) is 9.39. The summed E-state index contributed by atoms with van der Waals surface area (Å²) in [4.78, 5) is 19.0. The molecule has 0 bridgehead atoms. The summed E-state index contributed by atoms with van der Waals surface area (Å²) in [5, 5.41) is 4.16. The van der Waals surface area contributed by atoms with Gasteiger partial charge in [-0.2, -0.15) is 0 Å². The molecule has 2 rings (SSSR count). The first kappa shape index (κ1) is 11.3. The van der Waals surface area contributed by atoms with E-state index in [1.165, 1.54) is 6.33 Å². The third-order valence-corrected chi connectivity index (χ3v) is 2.44. The lowest BCUT2D eigenvalue weighted by Crippen LogP contribution is -2.13. The van der Waals surface area contributed by atoms with Gasteiger partial charge in [-0.3, -0.25) is 4.79 Å². The van der Waals surface area contributed by atoms with Gasteiger partial charge < -0.3 is 11.1 Å². The number of nitrogens with two attached hydrogens (primary N) is 1. The average molecular weight is 230 g/mol. The zero-order valence-corrected chi connectivity index (χ0v) is 9.39. The molecule has 0 aliphatic carbocycles. The first-order valence-electron chi connectivity index (χ1n) is 5.49. The molecule has 0 saturated carbocycles. The van der Waals surface area contributed by atoms with Crippen molar-refractivity contribution in [1.29, 1.82) is 0 Å². The number of aromatic nitrogens is 2. The van der Waals surface area contributed by atoms with Crippen molar-refractivity contribution in [2.24, 2.45) is 5.73 Å². The number of rotatable bonds is 5. The van der Waals surface area contributed by atoms with Gasteiger partial charge in [0.25, 0.3) is 0 Å². The van der Waals surface area contributed by atoms with E-state index in [0.29, 0.717) is 19.4 Å². The van der Waals surface area contributed by atoms with Crippen LogP contribution in [0.1, 0.15) is 12.8 Å². The van der Waals surface area contributed by atoms with E-state index in [9.17, 15) is 4.79 Å². The van der Waals surface area contributed by atoms with Gasteiger partial charge in [0, 0.05) is 18.4 Å². The first-order valence-corrected chi connectivity index (χ1v) is 5.49. The molecule has 88 valence electrons. The summed E-state index contributed by atoms with van der Waals surface area (Å²) >= 11 is 0. The van der Waals surface area contributed by atoms with Crippen molar-refractivity contribution in [3.05, 3.63) is 30.6 Å². The number of para-hydroxylation sites is 1. The summed E-state index contributed by atoms with van der Waals surface area (Å²) in [5.74, 6) is 0.513. The third-order valence-electron chi connectivity index (χ3n) is 2.44. The standard InChI is InChI=1S/C12H14N4O/c13-11(17)6-3-7-14-12-9-4-1-2-5-10(9)15-8-16-12/h1-2,4-5,8H,3,6-7H2,(H2,13,17)(H,14,15,16). The van der Waals surface area contributed by atoms with E-state index in [0.717, 1.165) is 16.7 Å². The fraction of sp³-hybridized carbons (Fsp3) is 0.250. The Balaban J connectivity index is 2.05. The molecule has 5 heteroatoms. The van der Waals surface area contributed by atoms with E-state index >= 15 is 0 Å². The fourth-order valence-corrected chi connectivity index (χ4v) is 1.62. The van der Waals surface area contributed by atoms with Crippen molar-refractivity contribution in [1.82, 2.24) is 9.97 Å². The molecule has 0 aliphatic heterocycles. The van der Waals surface area contributed by atoms with Crippen LogP contribution in [0.25, 0.3) is 10.9 Å². The number of fused-ring (bicyclic) bond motifs is 1. The van der Waals surface area contributed by atoms with Gasteiger partial charge in [-0.15, -0.1) is 0 Å². The van der Waals surface area contributed by atoms with Crippen molar-refractivity contribution in [2.75, 3.05) is 11.9 Å². The summed E-state index contributed by atoms with van der Waals surface area (Å²) in [6.45, 7) is 0.671. The number of carbonyl (C=O) groups excluding carboxylic acids is 1. The summed E-state index contributed by atoms with van der Waals surface area (Å²) in [6, 6.07) is 7.78. The maximum Gasteiger partial charge on any atom is 0.217 e. The van der Waals surface area contributed by atoms with Gasteiger partial charge in [0.15, 0.2) is 0 Å². The summed E-state index contributed by atoms with van der Waals surface area (Å²) in [5.41, 5.74) is 5.97. The van der Waals surface area contributed by atoms with E-state index in [-0.39, 0.29) is 5.91 Å². The molecule has 0 aliphatic rings. The molecule has 1 heterocycles. The van der Waals surface area contributed by atoms with Gasteiger partial charge in [-0.25, -0.2) is 9.97 Å². The Kier molecular flexibility index (Phi) is 3.49. The van der Waals surface area contributed by atoms with Gasteiger partial charge in [0.1, 0.15) is 12.1 Å². The summed E-state index contributed by atoms with van der Waals surface area (Å²) in [7, 11) is 0. The molecule has 0 atom stereocenters. The van der Waals surface area contributed by atoms with Crippen LogP contribution in [-0.4, -0.2) is 22.4 Å². The Morgan fingerprint density at radius 2 is 2.12 bits per heavy atom. The Bertz CT molecular complexity index is 521. The lowest BCUT2D eigenvalue weighted by atomic mass is 10.2. The lowest BCUT2D eigenvalue weighted by Gasteiger charge is -2.07. The highest BCUT2D eigenvalue weighted by molar-refractivity contribution is 5.88. The molecule has 0 radical (unpaired) electrons. The highest BCUT2D eigenvalue weighted by Gasteiger charge is 2.01. The van der Waals surface area contributed by atoms with Gasteiger partial charge in [-0.05, 0) is 18.6 Å². The molecule has 5 nitrogen and oxygen atoms in total. The Morgan fingerprint density at radius 1 is 1.29 bits per heavy atom. The average Bonchev–Trinajstić information content (AvgIpc) is 2.34. The maximum atomic E-state index is 10.6. The van der Waals surface area contributed by atoms with Gasteiger partial charge in [0.2, 0.25) is 5.91 Å². The van der Waals surface area contributed by atoms with E-state index < -0.39 is 0 Å². The molecular formula is C12H14N4O. The second kappa shape index (κ2) is 5.25. The number of hydrogen-bond acceptors (Lipinski definition) is 4. The van der Waals surface area contributed by atoms with Crippen molar-refractivity contribution in [3.63, 3.8) is 0 Å². The van der Waals surface area contributed by atoms with Crippen LogP contribution in [0.3, 0.4) is 0 Å². The van der Waals surface area contributed by atoms with Crippen LogP contribution in [0.4, 0.5) is 5.82 Å². The minimum absolute atomic E-state index is 0.278. The highest BCUT2D eigenvalue weighted by atomic mass is 16.1. The largest absolute Gasteiger partial charge is 0.370 e. The highest BCUT2D eigenvalue weighted by Crippen LogP contribution is 2.17. The molecule has 1 amide bonds. The number of hydrogen-bond donors (Lipinski definition) is 2. The van der Waals surface area contributed by atoms with Crippen LogP contribution < -0.4 is 11.1 Å². The normalized spacial score (nSPS) is 10.4. The number of benzene rings is 1. The van der Waals surface area contributed by atoms with Gasteiger partial charge >= 0.3 is 0 Å². The number of carbonyl (C=O) groups is 1. The fourth-order valence-electron chi connectivity index (χ4n) is 1.62. The second-order valence-electron chi connectivity index (χ2n) is 3.74. The molecule has 2 aromatic rings. The Labute approximate surface area is 99.1 Å². The molecule has 0 saturated heterocycles. The van der Waals surface area contributed by atoms with E-state index in [1.807, 2.05) is 24.3 Å². The molecule has 17 heavy (non-hydrogen) atoms. The predicted molar refractivity (Wildman–Crippen MR) is 66.5 cm³/mol. The number of nitrogens with zero attached hydrogens (tertiary/aromatic N) is 2. The quantitative estimate of drug-likeness (QED) is 0.759. The van der Waals surface area contributed by atoms with Crippen LogP contribution in [-0.2, 0) is 4.79 Å². The lowest BCUT2D eigenvalue weighted by molar-refractivity contribution is -0.118. The molecule has 0 unspecified atom stereocenters. The van der Waals surface area contributed by atoms with Gasteiger partial charge in [0.05, 0.1) is 5.52 Å². The number of primary amides is 1. The van der Waals surface area contributed by atoms with Crippen molar-refractivity contribution in [2.45, 2.75) is 12.8 Å². The monoisotopic (exact) mass is 230 g/mol. The Morgan fingerprint density at radius 3 is 2.94 bits per heavy atom. The number of anilines is 1. The molecule has 1 aromatic carbocycles. The van der Waals surface area contributed by atoms with Crippen molar-refractivity contribution >= 4 is 22.6 Å². The molecule has 3 N–H and O–H groups in total. The number of amides is 1. The van der Waals surface area contributed by atoms with Gasteiger partial charge in [-0.1, -0.05) is 12.1 Å². The van der Waals surface area contributed by atoms with Crippen molar-refractivity contribution in [3.8, 4) is 0 Å². The first-order chi connectivity index (χ1) is 8.27. The van der Waals surface area contributed by atoms with E-state index in [4.69, 9.17) is 5.73 Å². The molecular weight excluding hydrogens is 216 g/mol. The summed E-state index contributed by atoms with van der Waals surface area (Å²) < 4.78 is 0. The minimum Gasteiger partial charge on any atom is -0.370 e.